The number of nitro benzene ring substituents is 1. The van der Waals surface area contributed by atoms with Gasteiger partial charge in [-0.05, 0) is 31.0 Å². The number of benzene rings is 2. The van der Waals surface area contributed by atoms with Gasteiger partial charge in [0.25, 0.3) is 5.91 Å². The summed E-state index contributed by atoms with van der Waals surface area (Å²) in [6, 6.07) is 14.2. The summed E-state index contributed by atoms with van der Waals surface area (Å²) in [5.74, 6) is -0.152. The SMILES string of the molecule is Cc1ccc(OCC(=O)N(C)[C@H](C)c2ccccc2)c([N+](=O)[O-])c1. The van der Waals surface area contributed by atoms with Crippen LogP contribution in [0.1, 0.15) is 24.1 Å². The number of carbonyl (C=O) groups excluding carboxylic acids is 1. The van der Waals surface area contributed by atoms with E-state index in [-0.39, 0.29) is 30.0 Å². The van der Waals surface area contributed by atoms with Crippen molar-refractivity contribution in [3.63, 3.8) is 0 Å². The fourth-order valence-corrected chi connectivity index (χ4v) is 2.30. The number of likely N-dealkylation sites (N-methyl/N-ethyl adjacent to an activating group) is 1. The first-order valence-electron chi connectivity index (χ1n) is 7.58. The summed E-state index contributed by atoms with van der Waals surface area (Å²) >= 11 is 0. The van der Waals surface area contributed by atoms with Crippen molar-refractivity contribution in [3.8, 4) is 5.75 Å². The molecule has 0 saturated heterocycles. The highest BCUT2D eigenvalue weighted by Crippen LogP contribution is 2.28. The van der Waals surface area contributed by atoms with E-state index in [4.69, 9.17) is 4.74 Å². The van der Waals surface area contributed by atoms with Gasteiger partial charge in [0, 0.05) is 13.1 Å². The normalized spacial score (nSPS) is 11.6. The average molecular weight is 328 g/mol. The van der Waals surface area contributed by atoms with Gasteiger partial charge in [-0.3, -0.25) is 14.9 Å². The van der Waals surface area contributed by atoms with Crippen LogP contribution in [-0.4, -0.2) is 29.4 Å². The highest BCUT2D eigenvalue weighted by Gasteiger charge is 2.20. The molecule has 0 spiro atoms. The van der Waals surface area contributed by atoms with Gasteiger partial charge >= 0.3 is 5.69 Å². The van der Waals surface area contributed by atoms with E-state index in [2.05, 4.69) is 0 Å². The molecular formula is C18H20N2O4. The van der Waals surface area contributed by atoms with Crippen LogP contribution in [0.15, 0.2) is 48.5 Å². The third-order valence-electron chi connectivity index (χ3n) is 3.92. The fraction of sp³-hybridized carbons (Fsp3) is 0.278. The molecule has 6 heteroatoms. The minimum atomic E-state index is -0.511. The van der Waals surface area contributed by atoms with Gasteiger partial charge in [-0.2, -0.15) is 0 Å². The Hall–Kier alpha value is -2.89. The van der Waals surface area contributed by atoms with Gasteiger partial charge in [0.15, 0.2) is 12.4 Å². The second kappa shape index (κ2) is 7.59. The topological polar surface area (TPSA) is 72.7 Å². The van der Waals surface area contributed by atoms with E-state index in [1.54, 1.807) is 24.9 Å². The standard InChI is InChI=1S/C18H20N2O4/c1-13-9-10-17(16(11-13)20(22)23)24-12-18(21)19(3)14(2)15-7-5-4-6-8-15/h4-11,14H,12H2,1-3H3/t14-/m1/s1. The summed E-state index contributed by atoms with van der Waals surface area (Å²) < 4.78 is 5.39. The molecule has 0 unspecified atom stereocenters. The van der Waals surface area contributed by atoms with E-state index >= 15 is 0 Å². The highest BCUT2D eigenvalue weighted by molar-refractivity contribution is 5.78. The maximum atomic E-state index is 12.3. The largest absolute Gasteiger partial charge is 0.477 e. The molecule has 0 radical (unpaired) electrons. The second-order valence-electron chi connectivity index (χ2n) is 5.61. The first-order chi connectivity index (χ1) is 11.4. The molecule has 0 heterocycles. The monoisotopic (exact) mass is 328 g/mol. The molecule has 24 heavy (non-hydrogen) atoms. The molecule has 0 fully saturated rings. The van der Waals surface area contributed by atoms with Crippen LogP contribution in [0.3, 0.4) is 0 Å². The van der Waals surface area contributed by atoms with E-state index in [9.17, 15) is 14.9 Å². The number of nitrogens with zero attached hydrogens (tertiary/aromatic N) is 2. The van der Waals surface area contributed by atoms with Crippen LogP contribution in [0.2, 0.25) is 0 Å². The summed E-state index contributed by atoms with van der Waals surface area (Å²) in [6.45, 7) is 3.43. The van der Waals surface area contributed by atoms with Crippen LogP contribution in [0.5, 0.6) is 5.75 Å². The lowest BCUT2D eigenvalue weighted by Gasteiger charge is -2.25. The van der Waals surface area contributed by atoms with E-state index in [0.717, 1.165) is 11.1 Å². The maximum Gasteiger partial charge on any atom is 0.311 e. The Morgan fingerprint density at radius 1 is 1.25 bits per heavy atom. The summed E-state index contributed by atoms with van der Waals surface area (Å²) in [5.41, 5.74) is 1.63. The van der Waals surface area contributed by atoms with Crippen molar-refractivity contribution < 1.29 is 14.5 Å². The molecule has 1 amide bonds. The van der Waals surface area contributed by atoms with Crippen molar-refractivity contribution in [2.24, 2.45) is 0 Å². The van der Waals surface area contributed by atoms with Gasteiger partial charge in [-0.1, -0.05) is 36.4 Å². The van der Waals surface area contributed by atoms with Crippen molar-refractivity contribution >= 4 is 11.6 Å². The van der Waals surface area contributed by atoms with Crippen LogP contribution < -0.4 is 4.74 Å². The van der Waals surface area contributed by atoms with Crippen molar-refractivity contribution in [2.45, 2.75) is 19.9 Å². The van der Waals surface area contributed by atoms with E-state index in [0.29, 0.717) is 0 Å². The number of nitro groups is 1. The Balaban J connectivity index is 2.04. The van der Waals surface area contributed by atoms with Gasteiger partial charge in [0.1, 0.15) is 0 Å². The van der Waals surface area contributed by atoms with Crippen LogP contribution in [0, 0.1) is 17.0 Å². The van der Waals surface area contributed by atoms with Gasteiger partial charge in [-0.25, -0.2) is 0 Å². The third-order valence-corrected chi connectivity index (χ3v) is 3.92. The van der Waals surface area contributed by atoms with Gasteiger partial charge in [-0.15, -0.1) is 0 Å². The van der Waals surface area contributed by atoms with Crippen LogP contribution in [0.4, 0.5) is 5.69 Å². The molecule has 0 aliphatic rings. The van der Waals surface area contributed by atoms with Crippen molar-refractivity contribution in [3.05, 3.63) is 69.8 Å². The zero-order valence-corrected chi connectivity index (χ0v) is 13.9. The maximum absolute atomic E-state index is 12.3. The predicted molar refractivity (Wildman–Crippen MR) is 91.0 cm³/mol. The van der Waals surface area contributed by atoms with Crippen LogP contribution in [0.25, 0.3) is 0 Å². The molecule has 0 bridgehead atoms. The molecule has 0 N–H and O–H groups in total. The molecule has 2 aromatic carbocycles. The predicted octanol–water partition coefficient (Wildman–Crippen LogP) is 3.50. The molecule has 1 atom stereocenters. The molecule has 2 rings (SSSR count). The Morgan fingerprint density at radius 3 is 2.54 bits per heavy atom. The lowest BCUT2D eigenvalue weighted by Crippen LogP contribution is -2.33. The summed E-state index contributed by atoms with van der Waals surface area (Å²) in [4.78, 5) is 24.4. The van der Waals surface area contributed by atoms with Gasteiger partial charge < -0.3 is 9.64 Å². The third kappa shape index (κ3) is 4.10. The number of amides is 1. The fourth-order valence-electron chi connectivity index (χ4n) is 2.30. The molecule has 0 saturated carbocycles. The van der Waals surface area contributed by atoms with E-state index < -0.39 is 4.92 Å². The second-order valence-corrected chi connectivity index (χ2v) is 5.61. The number of hydrogen-bond acceptors (Lipinski definition) is 4. The van der Waals surface area contributed by atoms with Crippen molar-refractivity contribution in [1.29, 1.82) is 0 Å². The number of carbonyl (C=O) groups is 1. The smallest absolute Gasteiger partial charge is 0.311 e. The molecule has 0 aromatic heterocycles. The Kier molecular flexibility index (Phi) is 5.52. The van der Waals surface area contributed by atoms with E-state index in [1.165, 1.54) is 12.1 Å². The van der Waals surface area contributed by atoms with Gasteiger partial charge in [0.05, 0.1) is 11.0 Å². The summed E-state index contributed by atoms with van der Waals surface area (Å²) in [6.07, 6.45) is 0. The molecule has 6 nitrogen and oxygen atoms in total. The summed E-state index contributed by atoms with van der Waals surface area (Å²) in [7, 11) is 1.69. The first kappa shape index (κ1) is 17.5. The van der Waals surface area contributed by atoms with Crippen molar-refractivity contribution in [1.82, 2.24) is 4.90 Å². The first-order valence-corrected chi connectivity index (χ1v) is 7.58. The lowest BCUT2D eigenvalue weighted by molar-refractivity contribution is -0.385. The molecular weight excluding hydrogens is 308 g/mol. The molecule has 0 aliphatic carbocycles. The zero-order chi connectivity index (χ0) is 17.7. The quantitative estimate of drug-likeness (QED) is 0.601. The van der Waals surface area contributed by atoms with Gasteiger partial charge in [0.2, 0.25) is 0 Å². The number of ether oxygens (including phenoxy) is 1. The molecule has 126 valence electrons. The lowest BCUT2D eigenvalue weighted by atomic mass is 10.1. The average Bonchev–Trinajstić information content (AvgIpc) is 2.59. The number of aryl methyl sites for hydroxylation is 1. The Bertz CT molecular complexity index is 731. The van der Waals surface area contributed by atoms with Crippen LogP contribution in [-0.2, 0) is 4.79 Å². The number of hydrogen-bond donors (Lipinski definition) is 0. The highest BCUT2D eigenvalue weighted by atomic mass is 16.6. The summed E-state index contributed by atoms with van der Waals surface area (Å²) in [5, 5.41) is 11.1. The minimum absolute atomic E-state index is 0.0970. The molecule has 2 aromatic rings. The Morgan fingerprint density at radius 2 is 1.92 bits per heavy atom. The van der Waals surface area contributed by atoms with Crippen LogP contribution >= 0.6 is 0 Å². The number of rotatable bonds is 6. The zero-order valence-electron chi connectivity index (χ0n) is 13.9. The minimum Gasteiger partial charge on any atom is -0.477 e. The van der Waals surface area contributed by atoms with Crippen molar-refractivity contribution in [2.75, 3.05) is 13.7 Å². The Labute approximate surface area is 140 Å². The van der Waals surface area contributed by atoms with E-state index in [1.807, 2.05) is 37.3 Å². The molecule has 0 aliphatic heterocycles.